The molecule has 0 bridgehead atoms. The zero-order valence-electron chi connectivity index (χ0n) is 10.5. The average molecular weight is 267 g/mol. The number of hydrogen-bond donors (Lipinski definition) is 0. The summed E-state index contributed by atoms with van der Waals surface area (Å²) in [7, 11) is 0. The topological polar surface area (TPSA) is 66.7 Å². The Balaban J connectivity index is 1.75. The molecular formula is C15H11N2O3-. The van der Waals surface area contributed by atoms with E-state index < -0.39 is 5.97 Å². The third-order valence-electron chi connectivity index (χ3n) is 2.87. The summed E-state index contributed by atoms with van der Waals surface area (Å²) >= 11 is 0. The fourth-order valence-electron chi connectivity index (χ4n) is 1.93. The van der Waals surface area contributed by atoms with Crippen molar-refractivity contribution in [3.05, 3.63) is 66.1 Å². The van der Waals surface area contributed by atoms with Gasteiger partial charge in [0.1, 0.15) is 18.0 Å². The maximum absolute atomic E-state index is 10.8. The number of rotatable bonds is 4. The van der Waals surface area contributed by atoms with Crippen molar-refractivity contribution >= 4 is 11.6 Å². The van der Waals surface area contributed by atoms with Crippen LogP contribution in [0.2, 0.25) is 0 Å². The standard InChI is InChI=1S/C15H12N2O3/c18-15(19)11-4-3-5-13(8-11)20-10-12-9-17-7-2-1-6-14(17)16-12/h1-9H,10H2,(H,18,19)/p-1. The molecule has 0 aliphatic carbocycles. The first-order valence-corrected chi connectivity index (χ1v) is 6.09. The second-order valence-electron chi connectivity index (χ2n) is 4.30. The Hall–Kier alpha value is -2.82. The van der Waals surface area contributed by atoms with Crippen LogP contribution in [-0.4, -0.2) is 15.4 Å². The highest BCUT2D eigenvalue weighted by Gasteiger charge is 2.03. The van der Waals surface area contributed by atoms with Crippen LogP contribution in [0.25, 0.3) is 5.65 Å². The number of fused-ring (bicyclic) bond motifs is 1. The minimum atomic E-state index is -1.22. The van der Waals surface area contributed by atoms with Crippen molar-refractivity contribution in [1.82, 2.24) is 9.38 Å². The number of hydrogen-bond acceptors (Lipinski definition) is 4. The van der Waals surface area contributed by atoms with Gasteiger partial charge in [0.05, 0.1) is 11.7 Å². The molecule has 2 heterocycles. The van der Waals surface area contributed by atoms with Gasteiger partial charge in [-0.25, -0.2) is 4.98 Å². The molecule has 2 aromatic heterocycles. The monoisotopic (exact) mass is 267 g/mol. The summed E-state index contributed by atoms with van der Waals surface area (Å²) in [5.74, 6) is -0.744. The molecule has 3 aromatic rings. The van der Waals surface area contributed by atoms with Crippen LogP contribution in [0.15, 0.2) is 54.9 Å². The number of benzene rings is 1. The number of carbonyl (C=O) groups is 1. The largest absolute Gasteiger partial charge is 0.545 e. The molecular weight excluding hydrogens is 256 g/mol. The van der Waals surface area contributed by atoms with E-state index in [1.807, 2.05) is 35.0 Å². The Bertz CT molecular complexity index is 731. The van der Waals surface area contributed by atoms with Gasteiger partial charge in [0.25, 0.3) is 0 Å². The maximum Gasteiger partial charge on any atom is 0.137 e. The van der Waals surface area contributed by atoms with E-state index in [4.69, 9.17) is 4.74 Å². The third kappa shape index (κ3) is 2.47. The summed E-state index contributed by atoms with van der Waals surface area (Å²) < 4.78 is 7.44. The molecule has 0 fully saturated rings. The van der Waals surface area contributed by atoms with E-state index in [0.29, 0.717) is 5.75 Å². The lowest BCUT2D eigenvalue weighted by molar-refractivity contribution is -0.255. The quantitative estimate of drug-likeness (QED) is 0.714. The van der Waals surface area contributed by atoms with Gasteiger partial charge >= 0.3 is 0 Å². The summed E-state index contributed by atoms with van der Waals surface area (Å²) in [6.45, 7) is 0.276. The van der Waals surface area contributed by atoms with Gasteiger partial charge in [-0.05, 0) is 24.3 Å². The van der Waals surface area contributed by atoms with Crippen LogP contribution >= 0.6 is 0 Å². The van der Waals surface area contributed by atoms with Crippen LogP contribution in [0.5, 0.6) is 5.75 Å². The molecule has 100 valence electrons. The van der Waals surface area contributed by atoms with E-state index in [1.54, 1.807) is 12.1 Å². The fourth-order valence-corrected chi connectivity index (χ4v) is 1.93. The van der Waals surface area contributed by atoms with Gasteiger partial charge in [-0.3, -0.25) is 0 Å². The van der Waals surface area contributed by atoms with Gasteiger partial charge in [0.15, 0.2) is 0 Å². The second-order valence-corrected chi connectivity index (χ2v) is 4.30. The zero-order valence-corrected chi connectivity index (χ0v) is 10.5. The van der Waals surface area contributed by atoms with Crippen LogP contribution in [0.3, 0.4) is 0 Å². The van der Waals surface area contributed by atoms with Gasteiger partial charge in [-0.15, -0.1) is 0 Å². The number of aromatic carboxylic acids is 1. The van der Waals surface area contributed by atoms with Crippen molar-refractivity contribution in [2.24, 2.45) is 0 Å². The molecule has 1 aromatic carbocycles. The summed E-state index contributed by atoms with van der Waals surface area (Å²) in [6.07, 6.45) is 3.78. The van der Waals surface area contributed by atoms with E-state index in [1.165, 1.54) is 12.1 Å². The number of nitrogens with zero attached hydrogens (tertiary/aromatic N) is 2. The van der Waals surface area contributed by atoms with E-state index in [9.17, 15) is 9.90 Å². The van der Waals surface area contributed by atoms with E-state index in [0.717, 1.165) is 11.3 Å². The van der Waals surface area contributed by atoms with Gasteiger partial charge < -0.3 is 19.0 Å². The molecule has 3 rings (SSSR count). The van der Waals surface area contributed by atoms with Gasteiger partial charge in [0.2, 0.25) is 0 Å². The fraction of sp³-hybridized carbons (Fsp3) is 0.0667. The minimum absolute atomic E-state index is 0.0949. The van der Waals surface area contributed by atoms with Crippen molar-refractivity contribution in [3.63, 3.8) is 0 Å². The Labute approximate surface area is 115 Å². The van der Waals surface area contributed by atoms with Crippen LogP contribution in [0, 0.1) is 0 Å². The molecule has 0 aliphatic heterocycles. The molecule has 0 saturated heterocycles. The smallest absolute Gasteiger partial charge is 0.137 e. The first kappa shape index (κ1) is 12.2. The van der Waals surface area contributed by atoms with Gasteiger partial charge in [0, 0.05) is 18.0 Å². The predicted molar refractivity (Wildman–Crippen MR) is 70.3 cm³/mol. The van der Waals surface area contributed by atoms with Crippen molar-refractivity contribution in [1.29, 1.82) is 0 Å². The number of ether oxygens (including phenoxy) is 1. The predicted octanol–water partition coefficient (Wildman–Crippen LogP) is 1.28. The summed E-state index contributed by atoms with van der Waals surface area (Å²) in [4.78, 5) is 15.2. The molecule has 20 heavy (non-hydrogen) atoms. The average Bonchev–Trinajstić information content (AvgIpc) is 2.88. The van der Waals surface area contributed by atoms with Crippen molar-refractivity contribution in [2.75, 3.05) is 0 Å². The number of carbonyl (C=O) groups excluding carboxylic acids is 1. The van der Waals surface area contributed by atoms with Crippen LogP contribution < -0.4 is 9.84 Å². The number of carboxylic acids is 1. The van der Waals surface area contributed by atoms with Gasteiger partial charge in [-0.2, -0.15) is 0 Å². The highest BCUT2D eigenvalue weighted by molar-refractivity contribution is 5.86. The van der Waals surface area contributed by atoms with Crippen molar-refractivity contribution in [3.8, 4) is 5.75 Å². The van der Waals surface area contributed by atoms with Crippen LogP contribution in [0.4, 0.5) is 0 Å². The Morgan fingerprint density at radius 3 is 2.95 bits per heavy atom. The van der Waals surface area contributed by atoms with E-state index >= 15 is 0 Å². The minimum Gasteiger partial charge on any atom is -0.545 e. The Kier molecular flexibility index (Phi) is 3.09. The molecule has 0 radical (unpaired) electrons. The molecule has 0 atom stereocenters. The zero-order chi connectivity index (χ0) is 13.9. The lowest BCUT2D eigenvalue weighted by Crippen LogP contribution is -2.22. The molecule has 5 nitrogen and oxygen atoms in total. The Morgan fingerprint density at radius 2 is 2.15 bits per heavy atom. The van der Waals surface area contributed by atoms with E-state index in [2.05, 4.69) is 4.98 Å². The van der Waals surface area contributed by atoms with Gasteiger partial charge in [-0.1, -0.05) is 18.2 Å². The first-order valence-electron chi connectivity index (χ1n) is 6.09. The van der Waals surface area contributed by atoms with Crippen LogP contribution in [-0.2, 0) is 6.61 Å². The third-order valence-corrected chi connectivity index (χ3v) is 2.87. The number of aromatic nitrogens is 2. The highest BCUT2D eigenvalue weighted by atomic mass is 16.5. The lowest BCUT2D eigenvalue weighted by Gasteiger charge is -2.07. The molecule has 5 heteroatoms. The molecule has 0 spiro atoms. The van der Waals surface area contributed by atoms with Crippen molar-refractivity contribution in [2.45, 2.75) is 6.61 Å². The SMILES string of the molecule is O=C([O-])c1cccc(OCc2cn3ccccc3n2)c1. The van der Waals surface area contributed by atoms with Crippen molar-refractivity contribution < 1.29 is 14.6 Å². The van der Waals surface area contributed by atoms with E-state index in [-0.39, 0.29) is 12.2 Å². The maximum atomic E-state index is 10.8. The highest BCUT2D eigenvalue weighted by Crippen LogP contribution is 2.15. The summed E-state index contributed by atoms with van der Waals surface area (Å²) in [6, 6.07) is 11.9. The molecule has 0 aliphatic rings. The number of carboxylic acid groups (broad SMARTS) is 1. The summed E-state index contributed by atoms with van der Waals surface area (Å²) in [5.41, 5.74) is 1.71. The van der Waals surface area contributed by atoms with Crippen LogP contribution in [0.1, 0.15) is 16.1 Å². The normalized spacial score (nSPS) is 10.6. The lowest BCUT2D eigenvalue weighted by atomic mass is 10.2. The number of imidazole rings is 1. The molecule has 0 N–H and O–H groups in total. The Morgan fingerprint density at radius 1 is 1.25 bits per heavy atom. The number of pyridine rings is 1. The molecule has 0 unspecified atom stereocenters. The summed E-state index contributed by atoms with van der Waals surface area (Å²) in [5, 5.41) is 10.8. The molecule has 0 amide bonds. The second kappa shape index (κ2) is 5.05. The molecule has 0 saturated carbocycles. The first-order chi connectivity index (χ1) is 9.72.